The van der Waals surface area contributed by atoms with Crippen LogP contribution in [0.5, 0.6) is 0 Å². The molecule has 4 heteroatoms. The molecule has 0 saturated heterocycles. The van der Waals surface area contributed by atoms with E-state index in [1.54, 1.807) is 0 Å². The first kappa shape index (κ1) is 16.7. The molecule has 19 heavy (non-hydrogen) atoms. The summed E-state index contributed by atoms with van der Waals surface area (Å²) >= 11 is 3.67. The van der Waals surface area contributed by atoms with Gasteiger partial charge in [-0.15, -0.1) is 0 Å². The summed E-state index contributed by atoms with van der Waals surface area (Å²) in [4.78, 5) is 0. The number of hydrogen-bond donors (Lipinski definition) is 1. The van der Waals surface area contributed by atoms with Gasteiger partial charge in [-0.2, -0.15) is 5.10 Å². The van der Waals surface area contributed by atoms with Gasteiger partial charge in [0.1, 0.15) is 0 Å². The van der Waals surface area contributed by atoms with Gasteiger partial charge < -0.3 is 5.32 Å². The molecular weight excluding hydrogens is 302 g/mol. The molecule has 110 valence electrons. The molecule has 0 amide bonds. The molecule has 3 nitrogen and oxygen atoms in total. The highest BCUT2D eigenvalue weighted by atomic mass is 79.9. The Balaban J connectivity index is 3.05. The first-order valence-corrected chi connectivity index (χ1v) is 8.26. The van der Waals surface area contributed by atoms with Crippen molar-refractivity contribution in [2.24, 2.45) is 11.8 Å². The highest BCUT2D eigenvalue weighted by Gasteiger charge is 2.26. The lowest BCUT2D eigenvalue weighted by Gasteiger charge is -2.29. The first-order chi connectivity index (χ1) is 9.02. The van der Waals surface area contributed by atoms with Gasteiger partial charge in [0.25, 0.3) is 0 Å². The van der Waals surface area contributed by atoms with Gasteiger partial charge in [-0.3, -0.25) is 4.68 Å². The molecule has 0 spiro atoms. The molecule has 2 atom stereocenters. The zero-order valence-corrected chi connectivity index (χ0v) is 14.5. The number of hydrogen-bond acceptors (Lipinski definition) is 2. The second-order valence-corrected chi connectivity index (χ2v) is 6.49. The van der Waals surface area contributed by atoms with Crippen molar-refractivity contribution in [1.29, 1.82) is 0 Å². The third kappa shape index (κ3) is 4.32. The van der Waals surface area contributed by atoms with Crippen molar-refractivity contribution in [3.8, 4) is 0 Å². The Kier molecular flexibility index (Phi) is 7.08. The normalized spacial score (nSPS) is 14.9. The van der Waals surface area contributed by atoms with E-state index in [4.69, 9.17) is 0 Å². The zero-order valence-electron chi connectivity index (χ0n) is 12.9. The van der Waals surface area contributed by atoms with Crippen LogP contribution in [-0.4, -0.2) is 16.3 Å². The molecule has 0 bridgehead atoms. The molecule has 1 N–H and O–H groups in total. The van der Waals surface area contributed by atoms with E-state index in [0.717, 1.165) is 30.4 Å². The van der Waals surface area contributed by atoms with Gasteiger partial charge in [0.2, 0.25) is 0 Å². The topological polar surface area (TPSA) is 29.9 Å². The van der Waals surface area contributed by atoms with Gasteiger partial charge in [0.05, 0.1) is 22.4 Å². The Morgan fingerprint density at radius 2 is 1.95 bits per heavy atom. The van der Waals surface area contributed by atoms with Crippen LogP contribution < -0.4 is 5.32 Å². The predicted molar refractivity (Wildman–Crippen MR) is 85.3 cm³/mol. The van der Waals surface area contributed by atoms with Gasteiger partial charge in [-0.1, -0.05) is 34.6 Å². The van der Waals surface area contributed by atoms with Crippen molar-refractivity contribution in [2.75, 3.05) is 6.54 Å². The molecule has 0 aliphatic carbocycles. The number of aromatic nitrogens is 2. The fraction of sp³-hybridized carbons (Fsp3) is 0.800. The predicted octanol–water partition coefficient (Wildman–Crippen LogP) is 4.39. The van der Waals surface area contributed by atoms with Crippen molar-refractivity contribution in [2.45, 2.75) is 60.0 Å². The Bertz CT molecular complexity index is 373. The lowest BCUT2D eigenvalue weighted by Crippen LogP contribution is -2.32. The Morgan fingerprint density at radius 3 is 2.47 bits per heavy atom. The maximum absolute atomic E-state index is 4.51. The molecule has 0 radical (unpaired) electrons. The molecule has 0 aromatic carbocycles. The third-order valence-electron chi connectivity index (χ3n) is 3.75. The third-order valence-corrected chi connectivity index (χ3v) is 4.37. The Hall–Kier alpha value is -0.350. The van der Waals surface area contributed by atoms with Crippen LogP contribution in [0.2, 0.25) is 0 Å². The summed E-state index contributed by atoms with van der Waals surface area (Å²) in [7, 11) is 0. The summed E-state index contributed by atoms with van der Waals surface area (Å²) in [5, 5.41) is 8.21. The van der Waals surface area contributed by atoms with Crippen LogP contribution in [0.3, 0.4) is 0 Å². The number of nitrogens with one attached hydrogen (secondary N) is 1. The van der Waals surface area contributed by atoms with Crippen LogP contribution >= 0.6 is 15.9 Å². The Morgan fingerprint density at radius 1 is 1.26 bits per heavy atom. The molecular formula is C15H28BrN3. The monoisotopic (exact) mass is 329 g/mol. The molecule has 0 saturated carbocycles. The van der Waals surface area contributed by atoms with Crippen molar-refractivity contribution < 1.29 is 0 Å². The van der Waals surface area contributed by atoms with E-state index < -0.39 is 0 Å². The fourth-order valence-electron chi connectivity index (χ4n) is 2.29. The van der Waals surface area contributed by atoms with Crippen molar-refractivity contribution in [3.63, 3.8) is 0 Å². The minimum Gasteiger partial charge on any atom is -0.308 e. The van der Waals surface area contributed by atoms with Crippen molar-refractivity contribution in [1.82, 2.24) is 15.1 Å². The second-order valence-electron chi connectivity index (χ2n) is 5.64. The molecule has 1 heterocycles. The number of rotatable bonds is 8. The van der Waals surface area contributed by atoms with Crippen LogP contribution in [0, 0.1) is 11.8 Å². The molecule has 1 aromatic rings. The van der Waals surface area contributed by atoms with Gasteiger partial charge in [-0.25, -0.2) is 0 Å². The maximum atomic E-state index is 4.51. The van der Waals surface area contributed by atoms with E-state index in [1.807, 2.05) is 6.20 Å². The summed E-state index contributed by atoms with van der Waals surface area (Å²) in [6.07, 6.45) is 4.19. The van der Waals surface area contributed by atoms with E-state index in [1.165, 1.54) is 5.69 Å². The average molecular weight is 330 g/mol. The minimum absolute atomic E-state index is 0.364. The summed E-state index contributed by atoms with van der Waals surface area (Å²) < 4.78 is 3.28. The van der Waals surface area contributed by atoms with E-state index in [2.05, 4.69) is 65.6 Å². The average Bonchev–Trinajstić information content (AvgIpc) is 2.72. The van der Waals surface area contributed by atoms with Crippen molar-refractivity contribution in [3.05, 3.63) is 16.4 Å². The Labute approximate surface area is 126 Å². The molecule has 2 unspecified atom stereocenters. The summed E-state index contributed by atoms with van der Waals surface area (Å²) in [5.41, 5.74) is 1.30. The summed E-state index contributed by atoms with van der Waals surface area (Å²) in [5.74, 6) is 1.22. The molecule has 0 aliphatic rings. The van der Waals surface area contributed by atoms with E-state index >= 15 is 0 Å². The zero-order chi connectivity index (χ0) is 14.4. The smallest absolute Gasteiger partial charge is 0.0698 e. The van der Waals surface area contributed by atoms with E-state index in [9.17, 15) is 0 Å². The number of halogens is 1. The SMILES string of the molecule is CCCNC(c1c(Br)cnn1CCC)C(C)C(C)C. The first-order valence-electron chi connectivity index (χ1n) is 7.47. The standard InChI is InChI=1S/C15H28BrN3/c1-6-8-17-14(12(5)11(3)4)15-13(16)10-18-19(15)9-7-2/h10-12,14,17H,6-9H2,1-5H3. The minimum atomic E-state index is 0.364. The van der Waals surface area contributed by atoms with E-state index in [-0.39, 0.29) is 0 Å². The van der Waals surface area contributed by atoms with Crippen LogP contribution in [0.4, 0.5) is 0 Å². The van der Waals surface area contributed by atoms with Crippen LogP contribution in [0.25, 0.3) is 0 Å². The second kappa shape index (κ2) is 8.05. The van der Waals surface area contributed by atoms with Gasteiger partial charge in [0, 0.05) is 6.54 Å². The quantitative estimate of drug-likeness (QED) is 0.766. The van der Waals surface area contributed by atoms with Gasteiger partial charge in [-0.05, 0) is 47.2 Å². The highest BCUT2D eigenvalue weighted by molar-refractivity contribution is 9.10. The highest BCUT2D eigenvalue weighted by Crippen LogP contribution is 2.32. The lowest BCUT2D eigenvalue weighted by molar-refractivity contribution is 0.288. The number of aryl methyl sites for hydroxylation is 1. The molecule has 0 fully saturated rings. The van der Waals surface area contributed by atoms with Gasteiger partial charge in [0.15, 0.2) is 0 Å². The van der Waals surface area contributed by atoms with Crippen LogP contribution in [0.15, 0.2) is 10.7 Å². The summed E-state index contributed by atoms with van der Waals surface area (Å²) in [6, 6.07) is 0.364. The van der Waals surface area contributed by atoms with Crippen molar-refractivity contribution >= 4 is 15.9 Å². The molecule has 0 aliphatic heterocycles. The largest absolute Gasteiger partial charge is 0.308 e. The van der Waals surface area contributed by atoms with E-state index in [0.29, 0.717) is 17.9 Å². The molecule has 1 aromatic heterocycles. The molecule has 1 rings (SSSR count). The summed E-state index contributed by atoms with van der Waals surface area (Å²) in [6.45, 7) is 13.3. The van der Waals surface area contributed by atoms with Gasteiger partial charge >= 0.3 is 0 Å². The number of nitrogens with zero attached hydrogens (tertiary/aromatic N) is 2. The fourth-order valence-corrected chi connectivity index (χ4v) is 2.83. The maximum Gasteiger partial charge on any atom is 0.0698 e. The van der Waals surface area contributed by atoms with Crippen LogP contribution in [-0.2, 0) is 6.54 Å². The lowest BCUT2D eigenvalue weighted by atomic mass is 9.88. The van der Waals surface area contributed by atoms with Crippen LogP contribution in [0.1, 0.15) is 59.2 Å².